The Balaban J connectivity index is 1.33. The van der Waals surface area contributed by atoms with E-state index in [0.717, 1.165) is 16.7 Å². The van der Waals surface area contributed by atoms with E-state index < -0.39 is 59.6 Å². The molecule has 4 aromatic rings. The van der Waals surface area contributed by atoms with Crippen molar-refractivity contribution in [2.24, 2.45) is 5.11 Å². The summed E-state index contributed by atoms with van der Waals surface area (Å²) >= 11 is 0. The molecule has 0 aromatic heterocycles. The molecule has 0 aliphatic rings. The molecule has 18 nitrogen and oxygen atoms in total. The van der Waals surface area contributed by atoms with Crippen molar-refractivity contribution in [3.63, 3.8) is 0 Å². The van der Waals surface area contributed by atoms with Crippen LogP contribution in [0.1, 0.15) is 48.9 Å². The average Bonchev–Trinajstić information content (AvgIpc) is 3.32. The Kier molecular flexibility index (Phi) is 22.1. The zero-order chi connectivity index (χ0) is 46.7. The summed E-state index contributed by atoms with van der Waals surface area (Å²) in [4.78, 5) is 70.3. The van der Waals surface area contributed by atoms with Gasteiger partial charge in [0.2, 0.25) is 29.5 Å². The molecule has 0 bridgehead atoms. The molecular weight excluding hydrogens is 837 g/mol. The molecule has 3 atom stereocenters. The van der Waals surface area contributed by atoms with E-state index in [0.29, 0.717) is 44.3 Å². The van der Waals surface area contributed by atoms with Gasteiger partial charge in [-0.3, -0.25) is 24.0 Å². The third-order valence-corrected chi connectivity index (χ3v) is 9.89. The van der Waals surface area contributed by atoms with Gasteiger partial charge in [0.15, 0.2) is 0 Å². The van der Waals surface area contributed by atoms with Crippen LogP contribution in [0.3, 0.4) is 0 Å². The number of nitrogens with zero attached hydrogens (tertiary/aromatic N) is 3. The Hall–Kier alpha value is -6.66. The molecule has 0 radical (unpaired) electrons. The van der Waals surface area contributed by atoms with Gasteiger partial charge in [-0.05, 0) is 53.8 Å². The highest BCUT2D eigenvalue weighted by Crippen LogP contribution is 2.37. The first-order chi connectivity index (χ1) is 31.6. The van der Waals surface area contributed by atoms with Crippen molar-refractivity contribution in [3.8, 4) is 0 Å². The van der Waals surface area contributed by atoms with Crippen LogP contribution in [0.4, 0.5) is 5.69 Å². The zero-order valence-corrected chi connectivity index (χ0v) is 36.7. The van der Waals surface area contributed by atoms with E-state index in [1.54, 1.807) is 24.3 Å². The number of carbonyl (C=O) groups is 5. The van der Waals surface area contributed by atoms with Crippen LogP contribution in [0.15, 0.2) is 120 Å². The molecule has 346 valence electrons. The first kappa shape index (κ1) is 51.0. The third kappa shape index (κ3) is 17.1. The van der Waals surface area contributed by atoms with Crippen LogP contribution < -0.4 is 26.6 Å². The fourth-order valence-corrected chi connectivity index (χ4v) is 6.52. The number of azide groups is 1. The van der Waals surface area contributed by atoms with E-state index >= 15 is 0 Å². The van der Waals surface area contributed by atoms with E-state index in [9.17, 15) is 29.1 Å². The van der Waals surface area contributed by atoms with E-state index in [1.165, 1.54) is 13.8 Å². The highest BCUT2D eigenvalue weighted by molar-refractivity contribution is 6.01. The Morgan fingerprint density at radius 2 is 1.06 bits per heavy atom. The molecule has 0 aliphatic heterocycles. The number of hydrogen-bond acceptors (Lipinski definition) is 11. The number of amides is 5. The second-order valence-electron chi connectivity index (χ2n) is 14.7. The SMILES string of the molecule is CC(NC(=O)CCOCCOCCOCCOCCN=[N+]=[N-])C(=O)NC(C)C(=O)NC(CC(=O)NC(c1ccccc1)(c1ccccc1)c1ccccc1)C(=O)Nc1ccc(CO)cc1. The number of rotatable bonds is 29. The molecule has 4 rings (SSSR count). The van der Waals surface area contributed by atoms with Crippen molar-refractivity contribution in [1.29, 1.82) is 0 Å². The maximum atomic E-state index is 14.4. The van der Waals surface area contributed by atoms with Crippen molar-refractivity contribution in [1.82, 2.24) is 21.3 Å². The summed E-state index contributed by atoms with van der Waals surface area (Å²) in [6, 6.07) is 31.1. The van der Waals surface area contributed by atoms with Gasteiger partial charge in [0.1, 0.15) is 23.7 Å². The predicted octanol–water partition coefficient (Wildman–Crippen LogP) is 3.88. The van der Waals surface area contributed by atoms with E-state index in [-0.39, 0.29) is 39.4 Å². The highest BCUT2D eigenvalue weighted by Gasteiger charge is 2.39. The lowest BCUT2D eigenvalue weighted by Crippen LogP contribution is -2.56. The van der Waals surface area contributed by atoms with Crippen LogP contribution in [0.25, 0.3) is 10.4 Å². The summed E-state index contributed by atoms with van der Waals surface area (Å²) in [5.41, 5.74) is 10.3. The van der Waals surface area contributed by atoms with Gasteiger partial charge in [0.05, 0.1) is 65.9 Å². The van der Waals surface area contributed by atoms with Crippen LogP contribution >= 0.6 is 0 Å². The number of hydrogen-bond donors (Lipinski definition) is 6. The molecule has 18 heteroatoms. The Morgan fingerprint density at radius 1 is 0.600 bits per heavy atom. The number of aliphatic hydroxyl groups is 1. The standard InChI is InChI=1S/C47H58N8O10/c1-34(50-42(57)22-24-62-26-28-64-30-31-65-29-27-63-25-23-49-55-48)44(59)51-35(2)45(60)53-41(46(61)52-40-20-18-36(33-56)19-21-40)32-43(58)54-47(37-12-6-3-7-13-37,38-14-8-4-9-15-38)39-16-10-5-11-17-39/h3-21,34-35,41,56H,22-33H2,1-2H3,(H,50,57)(H,51,59)(H,52,61)(H,53,60)(H,54,58). The lowest BCUT2D eigenvalue weighted by atomic mass is 9.77. The van der Waals surface area contributed by atoms with Crippen LogP contribution in [-0.4, -0.2) is 112 Å². The molecule has 0 spiro atoms. The van der Waals surface area contributed by atoms with E-state index in [4.69, 9.17) is 24.5 Å². The minimum Gasteiger partial charge on any atom is -0.392 e. The Labute approximate surface area is 378 Å². The molecule has 0 heterocycles. The fraction of sp³-hybridized carbons (Fsp3) is 0.383. The molecule has 0 saturated carbocycles. The molecular formula is C47H58N8O10. The van der Waals surface area contributed by atoms with Crippen LogP contribution in [-0.2, 0) is 55.1 Å². The zero-order valence-electron chi connectivity index (χ0n) is 36.7. The fourth-order valence-electron chi connectivity index (χ4n) is 6.52. The highest BCUT2D eigenvalue weighted by atomic mass is 16.6. The molecule has 0 fully saturated rings. The number of anilines is 1. The van der Waals surface area contributed by atoms with Gasteiger partial charge in [-0.1, -0.05) is 108 Å². The molecule has 6 N–H and O–H groups in total. The second-order valence-corrected chi connectivity index (χ2v) is 14.7. The van der Waals surface area contributed by atoms with Crippen molar-refractivity contribution < 1.29 is 48.0 Å². The maximum Gasteiger partial charge on any atom is 0.247 e. The lowest BCUT2D eigenvalue weighted by Gasteiger charge is -2.37. The summed E-state index contributed by atoms with van der Waals surface area (Å²) in [5.74, 6) is -3.12. The van der Waals surface area contributed by atoms with Gasteiger partial charge < -0.3 is 50.6 Å². The first-order valence-electron chi connectivity index (χ1n) is 21.3. The summed E-state index contributed by atoms with van der Waals surface area (Å²) < 4.78 is 21.5. The molecule has 3 unspecified atom stereocenters. The van der Waals surface area contributed by atoms with Gasteiger partial charge in [-0.15, -0.1) is 0 Å². The summed E-state index contributed by atoms with van der Waals surface area (Å²) in [6.45, 7) is 5.32. The largest absolute Gasteiger partial charge is 0.392 e. The summed E-state index contributed by atoms with van der Waals surface area (Å²) in [7, 11) is 0. The van der Waals surface area contributed by atoms with Gasteiger partial charge in [0.25, 0.3) is 0 Å². The quantitative estimate of drug-likeness (QED) is 0.0151. The van der Waals surface area contributed by atoms with E-state index in [2.05, 4.69) is 36.6 Å². The topological polar surface area (TPSA) is 251 Å². The molecule has 4 aromatic carbocycles. The average molecular weight is 895 g/mol. The van der Waals surface area contributed by atoms with Gasteiger partial charge in [-0.25, -0.2) is 0 Å². The molecule has 5 amide bonds. The Morgan fingerprint density at radius 3 is 1.55 bits per heavy atom. The van der Waals surface area contributed by atoms with Gasteiger partial charge in [-0.2, -0.15) is 0 Å². The number of nitrogens with one attached hydrogen (secondary N) is 5. The third-order valence-electron chi connectivity index (χ3n) is 9.89. The number of aliphatic hydroxyl groups excluding tert-OH is 1. The molecule has 0 aliphatic carbocycles. The predicted molar refractivity (Wildman–Crippen MR) is 242 cm³/mol. The Bertz CT molecular complexity index is 2030. The minimum absolute atomic E-state index is 0.0296. The second kappa shape index (κ2) is 28.2. The van der Waals surface area contributed by atoms with Crippen LogP contribution in [0, 0.1) is 0 Å². The van der Waals surface area contributed by atoms with Crippen molar-refractivity contribution >= 4 is 35.2 Å². The van der Waals surface area contributed by atoms with Crippen LogP contribution in [0.5, 0.6) is 0 Å². The van der Waals surface area contributed by atoms with Gasteiger partial charge in [0, 0.05) is 23.6 Å². The summed E-state index contributed by atoms with van der Waals surface area (Å²) in [6.07, 6.45) is -0.520. The first-order valence-corrected chi connectivity index (χ1v) is 21.3. The summed E-state index contributed by atoms with van der Waals surface area (Å²) in [5, 5.41) is 26.6. The maximum absolute atomic E-state index is 14.4. The minimum atomic E-state index is -1.41. The van der Waals surface area contributed by atoms with Crippen LogP contribution in [0.2, 0.25) is 0 Å². The van der Waals surface area contributed by atoms with Gasteiger partial charge >= 0.3 is 0 Å². The van der Waals surface area contributed by atoms with Crippen molar-refractivity contribution in [2.75, 3.05) is 64.7 Å². The van der Waals surface area contributed by atoms with E-state index in [1.807, 2.05) is 91.0 Å². The van der Waals surface area contributed by atoms with Crippen molar-refractivity contribution in [3.05, 3.63) is 148 Å². The number of benzene rings is 4. The molecule has 0 saturated heterocycles. The normalized spacial score (nSPS) is 12.4. The van der Waals surface area contributed by atoms with Crippen molar-refractivity contribution in [2.45, 2.75) is 57.0 Å². The smallest absolute Gasteiger partial charge is 0.247 e. The monoisotopic (exact) mass is 894 g/mol. The molecule has 65 heavy (non-hydrogen) atoms. The lowest BCUT2D eigenvalue weighted by molar-refractivity contribution is -0.133. The number of carbonyl (C=O) groups excluding carboxylic acids is 5. The number of ether oxygens (including phenoxy) is 4.